The molecule has 134 valence electrons. The van der Waals surface area contributed by atoms with Gasteiger partial charge >= 0.3 is 0 Å². The molecule has 0 spiro atoms. The zero-order chi connectivity index (χ0) is 17.5. The molecule has 0 aliphatic carbocycles. The van der Waals surface area contributed by atoms with Crippen molar-refractivity contribution < 1.29 is 14.6 Å². The van der Waals surface area contributed by atoms with Crippen molar-refractivity contribution >= 4 is 5.91 Å². The fourth-order valence-electron chi connectivity index (χ4n) is 2.97. The Labute approximate surface area is 145 Å². The number of nitrogens with zero attached hydrogens (tertiary/aromatic N) is 2. The van der Waals surface area contributed by atoms with E-state index in [0.29, 0.717) is 13.0 Å². The second kappa shape index (κ2) is 9.04. The summed E-state index contributed by atoms with van der Waals surface area (Å²) < 4.78 is 5.63. The molecule has 1 aliphatic heterocycles. The minimum Gasteiger partial charge on any atom is -0.491 e. The molecule has 0 saturated carbocycles. The number of aliphatic hydroxyl groups excluding tert-OH is 1. The van der Waals surface area contributed by atoms with Crippen molar-refractivity contribution in [3.8, 4) is 5.75 Å². The van der Waals surface area contributed by atoms with Crippen LogP contribution in [-0.2, 0) is 11.2 Å². The summed E-state index contributed by atoms with van der Waals surface area (Å²) in [6, 6.07) is 8.00. The molecule has 24 heavy (non-hydrogen) atoms. The van der Waals surface area contributed by atoms with Gasteiger partial charge in [-0.05, 0) is 44.9 Å². The van der Waals surface area contributed by atoms with E-state index in [1.165, 1.54) is 0 Å². The van der Waals surface area contributed by atoms with Crippen molar-refractivity contribution in [1.82, 2.24) is 9.80 Å². The molecule has 0 aromatic heterocycles. The highest BCUT2D eigenvalue weighted by Crippen LogP contribution is 2.15. The lowest BCUT2D eigenvalue weighted by Crippen LogP contribution is -2.50. The number of rotatable bonds is 7. The molecule has 1 aliphatic rings. The van der Waals surface area contributed by atoms with Crippen molar-refractivity contribution in [2.75, 3.05) is 32.7 Å². The Bertz CT molecular complexity index is 506. The van der Waals surface area contributed by atoms with Crippen molar-refractivity contribution in [1.29, 1.82) is 0 Å². The van der Waals surface area contributed by atoms with Gasteiger partial charge in [-0.1, -0.05) is 12.1 Å². The highest BCUT2D eigenvalue weighted by atomic mass is 16.5. The molecular weight excluding hydrogens is 304 g/mol. The van der Waals surface area contributed by atoms with Gasteiger partial charge in [0.25, 0.3) is 0 Å². The van der Waals surface area contributed by atoms with Crippen molar-refractivity contribution in [3.63, 3.8) is 0 Å². The summed E-state index contributed by atoms with van der Waals surface area (Å²) in [6.07, 6.45) is 1.16. The largest absolute Gasteiger partial charge is 0.491 e. The molecule has 0 bridgehead atoms. The Kier molecular flexibility index (Phi) is 7.06. The summed E-state index contributed by atoms with van der Waals surface area (Å²) >= 11 is 0. The Morgan fingerprint density at radius 2 is 1.75 bits per heavy atom. The zero-order valence-electron chi connectivity index (χ0n) is 15.1. The Balaban J connectivity index is 1.73. The normalized spacial score (nSPS) is 17.1. The molecule has 1 N–H and O–H groups in total. The van der Waals surface area contributed by atoms with E-state index >= 15 is 0 Å². The summed E-state index contributed by atoms with van der Waals surface area (Å²) in [5.74, 6) is 1.09. The van der Waals surface area contributed by atoms with Gasteiger partial charge in [-0.25, -0.2) is 0 Å². The van der Waals surface area contributed by atoms with Crippen LogP contribution in [0.25, 0.3) is 0 Å². The molecule has 1 aromatic carbocycles. The molecule has 1 heterocycles. The second-order valence-electron chi connectivity index (χ2n) is 6.84. The number of carbonyl (C=O) groups is 1. The van der Waals surface area contributed by atoms with Crippen LogP contribution in [0.3, 0.4) is 0 Å². The molecule has 1 fully saturated rings. The summed E-state index contributed by atoms with van der Waals surface area (Å²) in [5, 5.41) is 9.43. The molecule has 0 radical (unpaired) electrons. The third kappa shape index (κ3) is 6.13. The first-order valence-electron chi connectivity index (χ1n) is 8.88. The van der Waals surface area contributed by atoms with E-state index < -0.39 is 0 Å². The fraction of sp³-hybridized carbons (Fsp3) is 0.632. The van der Waals surface area contributed by atoms with Crippen LogP contribution in [0.15, 0.2) is 24.3 Å². The van der Waals surface area contributed by atoms with E-state index in [0.717, 1.165) is 43.9 Å². The van der Waals surface area contributed by atoms with Gasteiger partial charge in [0.15, 0.2) is 0 Å². The molecule has 5 nitrogen and oxygen atoms in total. The summed E-state index contributed by atoms with van der Waals surface area (Å²) in [6.45, 7) is 9.71. The predicted molar refractivity (Wildman–Crippen MR) is 95.2 cm³/mol. The SMILES string of the molecule is CC(C)Oc1ccc(CCC(=O)N2CCN(C[C@H](C)O)CC2)cc1. The lowest BCUT2D eigenvalue weighted by Gasteiger charge is -2.35. The van der Waals surface area contributed by atoms with Gasteiger partial charge in [-0.2, -0.15) is 0 Å². The van der Waals surface area contributed by atoms with Gasteiger partial charge in [0.05, 0.1) is 12.2 Å². The molecule has 0 unspecified atom stereocenters. The lowest BCUT2D eigenvalue weighted by molar-refractivity contribution is -0.133. The molecule has 1 atom stereocenters. The van der Waals surface area contributed by atoms with Crippen LogP contribution in [0.2, 0.25) is 0 Å². The maximum Gasteiger partial charge on any atom is 0.222 e. The third-order valence-electron chi connectivity index (χ3n) is 4.17. The number of benzene rings is 1. The van der Waals surface area contributed by atoms with Crippen LogP contribution in [0.4, 0.5) is 0 Å². The van der Waals surface area contributed by atoms with Crippen LogP contribution < -0.4 is 4.74 Å². The zero-order valence-corrected chi connectivity index (χ0v) is 15.1. The van der Waals surface area contributed by atoms with Gasteiger partial charge in [0.2, 0.25) is 5.91 Å². The quantitative estimate of drug-likeness (QED) is 0.828. The minimum absolute atomic E-state index is 0.171. The first-order chi connectivity index (χ1) is 11.4. The van der Waals surface area contributed by atoms with E-state index in [9.17, 15) is 9.90 Å². The number of aryl methyl sites for hydroxylation is 1. The highest BCUT2D eigenvalue weighted by Gasteiger charge is 2.21. The van der Waals surface area contributed by atoms with Crippen molar-refractivity contribution in [3.05, 3.63) is 29.8 Å². The van der Waals surface area contributed by atoms with Crippen LogP contribution in [0.1, 0.15) is 32.8 Å². The van der Waals surface area contributed by atoms with E-state index in [1.54, 1.807) is 6.92 Å². The number of β-amino-alcohol motifs (C(OH)–C–C–N with tert-alkyl or cyclic N) is 1. The molecule has 1 aromatic rings. The van der Waals surface area contributed by atoms with E-state index in [-0.39, 0.29) is 18.1 Å². The van der Waals surface area contributed by atoms with Crippen LogP contribution in [-0.4, -0.2) is 65.7 Å². The predicted octanol–water partition coefficient (Wildman–Crippen LogP) is 1.93. The van der Waals surface area contributed by atoms with Gasteiger partial charge in [-0.3, -0.25) is 9.69 Å². The Hall–Kier alpha value is -1.59. The van der Waals surface area contributed by atoms with Crippen LogP contribution in [0, 0.1) is 0 Å². The number of aliphatic hydroxyl groups is 1. The average molecular weight is 334 g/mol. The smallest absolute Gasteiger partial charge is 0.222 e. The van der Waals surface area contributed by atoms with E-state index in [2.05, 4.69) is 4.90 Å². The monoisotopic (exact) mass is 334 g/mol. The van der Waals surface area contributed by atoms with Crippen LogP contribution in [0.5, 0.6) is 5.75 Å². The number of hydrogen-bond acceptors (Lipinski definition) is 4. The number of carbonyl (C=O) groups excluding carboxylic acids is 1. The van der Waals surface area contributed by atoms with Crippen LogP contribution >= 0.6 is 0 Å². The fourth-order valence-corrected chi connectivity index (χ4v) is 2.97. The Morgan fingerprint density at radius 1 is 1.12 bits per heavy atom. The van der Waals surface area contributed by atoms with E-state index in [1.807, 2.05) is 43.0 Å². The standard InChI is InChI=1S/C19H30N2O3/c1-15(2)24-18-7-4-17(5-8-18)6-9-19(23)21-12-10-20(11-13-21)14-16(3)22/h4-5,7-8,15-16,22H,6,9-14H2,1-3H3/t16-/m0/s1. The third-order valence-corrected chi connectivity index (χ3v) is 4.17. The van der Waals surface area contributed by atoms with E-state index in [4.69, 9.17) is 4.74 Å². The van der Waals surface area contributed by atoms with Gasteiger partial charge in [0.1, 0.15) is 5.75 Å². The topological polar surface area (TPSA) is 53.0 Å². The van der Waals surface area contributed by atoms with Crippen molar-refractivity contribution in [2.24, 2.45) is 0 Å². The molecule has 1 amide bonds. The minimum atomic E-state index is -0.310. The number of ether oxygens (including phenoxy) is 1. The number of piperazine rings is 1. The molecule has 2 rings (SSSR count). The van der Waals surface area contributed by atoms with Gasteiger partial charge < -0.3 is 14.7 Å². The summed E-state index contributed by atoms with van der Waals surface area (Å²) in [4.78, 5) is 16.5. The first-order valence-corrected chi connectivity index (χ1v) is 8.88. The number of hydrogen-bond donors (Lipinski definition) is 1. The first kappa shape index (κ1) is 18.7. The number of amides is 1. The van der Waals surface area contributed by atoms with Gasteiger partial charge in [-0.15, -0.1) is 0 Å². The lowest BCUT2D eigenvalue weighted by atomic mass is 10.1. The second-order valence-corrected chi connectivity index (χ2v) is 6.84. The highest BCUT2D eigenvalue weighted by molar-refractivity contribution is 5.76. The maximum absolute atomic E-state index is 12.3. The average Bonchev–Trinajstić information content (AvgIpc) is 2.53. The van der Waals surface area contributed by atoms with Crippen molar-refractivity contribution in [2.45, 2.75) is 45.8 Å². The molecule has 5 heteroatoms. The summed E-state index contributed by atoms with van der Waals surface area (Å²) in [5.41, 5.74) is 1.16. The Morgan fingerprint density at radius 3 is 2.29 bits per heavy atom. The molecular formula is C19H30N2O3. The van der Waals surface area contributed by atoms with Gasteiger partial charge in [0, 0.05) is 39.1 Å². The summed E-state index contributed by atoms with van der Waals surface area (Å²) in [7, 11) is 0. The molecule has 1 saturated heterocycles. The maximum atomic E-state index is 12.3.